The Morgan fingerprint density at radius 3 is 2.74 bits per heavy atom. The highest BCUT2D eigenvalue weighted by Gasteiger charge is 2.23. The number of anilines is 1. The van der Waals surface area contributed by atoms with E-state index in [0.717, 1.165) is 17.2 Å². The number of hydrogen-bond donors (Lipinski definition) is 2. The van der Waals surface area contributed by atoms with Crippen molar-refractivity contribution < 1.29 is 4.79 Å². The summed E-state index contributed by atoms with van der Waals surface area (Å²) in [5.74, 6) is 0.405. The maximum Gasteiger partial charge on any atom is 0.248 e. The van der Waals surface area contributed by atoms with Gasteiger partial charge in [-0.1, -0.05) is 26.2 Å². The Morgan fingerprint density at radius 2 is 2.11 bits per heavy atom. The number of benzene rings is 1. The van der Waals surface area contributed by atoms with E-state index in [1.165, 1.54) is 32.1 Å². The highest BCUT2D eigenvalue weighted by atomic mass is 16.1. The summed E-state index contributed by atoms with van der Waals surface area (Å²) < 4.78 is 0. The fourth-order valence-electron chi connectivity index (χ4n) is 3.06. The van der Waals surface area contributed by atoms with Gasteiger partial charge >= 0.3 is 0 Å². The van der Waals surface area contributed by atoms with Crippen LogP contribution in [0.15, 0.2) is 18.2 Å². The smallest absolute Gasteiger partial charge is 0.248 e. The quantitative estimate of drug-likeness (QED) is 0.871. The second-order valence-electron chi connectivity index (χ2n) is 5.60. The van der Waals surface area contributed by atoms with Crippen LogP contribution in [0.3, 0.4) is 0 Å². The van der Waals surface area contributed by atoms with E-state index < -0.39 is 0 Å². The van der Waals surface area contributed by atoms with Crippen LogP contribution in [-0.4, -0.2) is 11.9 Å². The first-order chi connectivity index (χ1) is 9.11. The van der Waals surface area contributed by atoms with Crippen LogP contribution in [0.4, 0.5) is 5.69 Å². The minimum atomic E-state index is -0.362. The highest BCUT2D eigenvalue weighted by molar-refractivity contribution is 5.93. The first-order valence-corrected chi connectivity index (χ1v) is 7.28. The molecule has 0 saturated heterocycles. The van der Waals surface area contributed by atoms with E-state index in [0.29, 0.717) is 11.6 Å². The lowest BCUT2D eigenvalue weighted by Crippen LogP contribution is -2.32. The van der Waals surface area contributed by atoms with Crippen molar-refractivity contribution in [2.75, 3.05) is 5.32 Å². The lowest BCUT2D eigenvalue weighted by molar-refractivity contribution is 0.1000. The molecule has 0 spiro atoms. The number of amides is 1. The molecule has 0 bridgehead atoms. The Balaban J connectivity index is 2.11. The Hall–Kier alpha value is -1.51. The number of primary amides is 1. The standard InChI is InChI=1S/C16H24N2O/c1-3-12-6-4-5-7-15(12)18-14-9-8-13(16(17)19)10-11(14)2/h8-10,12,15,18H,3-7H2,1-2H3,(H2,17,19). The van der Waals surface area contributed by atoms with Gasteiger partial charge in [-0.2, -0.15) is 0 Å². The molecule has 104 valence electrons. The van der Waals surface area contributed by atoms with Crippen molar-refractivity contribution in [3.63, 3.8) is 0 Å². The molecule has 3 N–H and O–H groups in total. The number of nitrogens with one attached hydrogen (secondary N) is 1. The molecule has 1 amide bonds. The van der Waals surface area contributed by atoms with Gasteiger partial charge in [0.2, 0.25) is 5.91 Å². The Labute approximate surface area is 115 Å². The zero-order valence-corrected chi connectivity index (χ0v) is 11.9. The normalized spacial score (nSPS) is 23.1. The molecule has 0 radical (unpaired) electrons. The van der Waals surface area contributed by atoms with Gasteiger partial charge in [-0.05, 0) is 49.4 Å². The van der Waals surface area contributed by atoms with E-state index in [-0.39, 0.29) is 5.91 Å². The lowest BCUT2D eigenvalue weighted by atomic mass is 9.82. The van der Waals surface area contributed by atoms with Crippen molar-refractivity contribution in [3.05, 3.63) is 29.3 Å². The highest BCUT2D eigenvalue weighted by Crippen LogP contribution is 2.30. The number of carbonyl (C=O) groups is 1. The first-order valence-electron chi connectivity index (χ1n) is 7.28. The summed E-state index contributed by atoms with van der Waals surface area (Å²) in [7, 11) is 0. The molecule has 1 fully saturated rings. The molecule has 1 aromatic rings. The predicted molar refractivity (Wildman–Crippen MR) is 79.4 cm³/mol. The van der Waals surface area contributed by atoms with E-state index in [2.05, 4.69) is 12.2 Å². The molecular weight excluding hydrogens is 236 g/mol. The van der Waals surface area contributed by atoms with Crippen LogP contribution in [0.5, 0.6) is 0 Å². The van der Waals surface area contributed by atoms with Crippen LogP contribution in [-0.2, 0) is 0 Å². The van der Waals surface area contributed by atoms with E-state index in [1.807, 2.05) is 19.1 Å². The van der Waals surface area contributed by atoms with Crippen molar-refractivity contribution in [2.45, 2.75) is 52.0 Å². The summed E-state index contributed by atoms with van der Waals surface area (Å²) in [6, 6.07) is 6.23. The van der Waals surface area contributed by atoms with Gasteiger partial charge < -0.3 is 11.1 Å². The average Bonchev–Trinajstić information content (AvgIpc) is 2.41. The van der Waals surface area contributed by atoms with Crippen LogP contribution >= 0.6 is 0 Å². The molecule has 0 heterocycles. The first kappa shape index (κ1) is 13.9. The minimum absolute atomic E-state index is 0.362. The van der Waals surface area contributed by atoms with Gasteiger partial charge in [0.25, 0.3) is 0 Å². The molecular formula is C16H24N2O. The van der Waals surface area contributed by atoms with Gasteiger partial charge in [0.1, 0.15) is 0 Å². The van der Waals surface area contributed by atoms with Gasteiger partial charge in [-0.15, -0.1) is 0 Å². The van der Waals surface area contributed by atoms with E-state index in [4.69, 9.17) is 5.73 Å². The summed E-state index contributed by atoms with van der Waals surface area (Å²) in [4.78, 5) is 11.2. The van der Waals surface area contributed by atoms with Crippen LogP contribution in [0.1, 0.15) is 54.9 Å². The van der Waals surface area contributed by atoms with Crippen LogP contribution < -0.4 is 11.1 Å². The molecule has 1 saturated carbocycles. The number of carbonyl (C=O) groups excluding carboxylic acids is 1. The van der Waals surface area contributed by atoms with Crippen LogP contribution in [0.2, 0.25) is 0 Å². The third-order valence-corrected chi connectivity index (χ3v) is 4.29. The molecule has 2 unspecified atom stereocenters. The zero-order valence-electron chi connectivity index (χ0n) is 11.9. The van der Waals surface area contributed by atoms with Gasteiger partial charge in [0.05, 0.1) is 0 Å². The molecule has 3 heteroatoms. The van der Waals surface area contributed by atoms with Gasteiger partial charge in [0, 0.05) is 17.3 Å². The lowest BCUT2D eigenvalue weighted by Gasteiger charge is -2.32. The molecule has 1 aromatic carbocycles. The second kappa shape index (κ2) is 6.09. The Kier molecular flexibility index (Phi) is 4.46. The molecule has 2 rings (SSSR count). The van der Waals surface area contributed by atoms with Crippen molar-refractivity contribution in [1.82, 2.24) is 0 Å². The predicted octanol–water partition coefficient (Wildman–Crippen LogP) is 3.47. The molecule has 19 heavy (non-hydrogen) atoms. The molecule has 0 aliphatic heterocycles. The van der Waals surface area contributed by atoms with Crippen molar-refractivity contribution in [3.8, 4) is 0 Å². The van der Waals surface area contributed by atoms with Gasteiger partial charge in [-0.3, -0.25) is 4.79 Å². The molecule has 2 atom stereocenters. The number of aryl methyl sites for hydroxylation is 1. The summed E-state index contributed by atoms with van der Waals surface area (Å²) in [6.45, 7) is 4.30. The van der Waals surface area contributed by atoms with E-state index in [9.17, 15) is 4.79 Å². The average molecular weight is 260 g/mol. The third kappa shape index (κ3) is 3.28. The molecule has 1 aliphatic carbocycles. The summed E-state index contributed by atoms with van der Waals surface area (Å²) in [6.07, 6.45) is 6.47. The topological polar surface area (TPSA) is 55.1 Å². The maximum absolute atomic E-state index is 11.2. The maximum atomic E-state index is 11.2. The number of rotatable bonds is 4. The Morgan fingerprint density at radius 1 is 1.37 bits per heavy atom. The van der Waals surface area contributed by atoms with E-state index in [1.54, 1.807) is 6.07 Å². The summed E-state index contributed by atoms with van der Waals surface area (Å²) in [5.41, 5.74) is 8.11. The minimum Gasteiger partial charge on any atom is -0.382 e. The van der Waals surface area contributed by atoms with Crippen molar-refractivity contribution >= 4 is 11.6 Å². The Bertz CT molecular complexity index is 456. The largest absolute Gasteiger partial charge is 0.382 e. The summed E-state index contributed by atoms with van der Waals surface area (Å²) >= 11 is 0. The van der Waals surface area contributed by atoms with Crippen molar-refractivity contribution in [2.24, 2.45) is 11.7 Å². The molecule has 1 aliphatic rings. The fourth-order valence-corrected chi connectivity index (χ4v) is 3.06. The monoisotopic (exact) mass is 260 g/mol. The zero-order chi connectivity index (χ0) is 13.8. The van der Waals surface area contributed by atoms with Crippen LogP contribution in [0.25, 0.3) is 0 Å². The second-order valence-corrected chi connectivity index (χ2v) is 5.60. The molecule has 3 nitrogen and oxygen atoms in total. The number of nitrogens with two attached hydrogens (primary N) is 1. The fraction of sp³-hybridized carbons (Fsp3) is 0.562. The summed E-state index contributed by atoms with van der Waals surface area (Å²) in [5, 5.41) is 3.66. The SMILES string of the molecule is CCC1CCCCC1Nc1ccc(C(N)=O)cc1C. The van der Waals surface area contributed by atoms with Crippen LogP contribution in [0, 0.1) is 12.8 Å². The van der Waals surface area contributed by atoms with E-state index >= 15 is 0 Å². The third-order valence-electron chi connectivity index (χ3n) is 4.29. The molecule has 0 aromatic heterocycles. The number of hydrogen-bond acceptors (Lipinski definition) is 2. The van der Waals surface area contributed by atoms with Gasteiger partial charge in [0.15, 0.2) is 0 Å². The van der Waals surface area contributed by atoms with Gasteiger partial charge in [-0.25, -0.2) is 0 Å². The van der Waals surface area contributed by atoms with Crippen molar-refractivity contribution in [1.29, 1.82) is 0 Å².